The average molecular weight is 278 g/mol. The van der Waals surface area contributed by atoms with Gasteiger partial charge in [0.15, 0.2) is 0 Å². The fraction of sp³-hybridized carbons (Fsp3) is 1.00. The molecule has 0 spiro atoms. The number of nitrogens with zero attached hydrogens (tertiary/aromatic N) is 1. The number of nitrogens with one attached hydrogen (secondary N) is 1. The molecule has 108 valence electrons. The lowest BCUT2D eigenvalue weighted by molar-refractivity contribution is 0.138. The van der Waals surface area contributed by atoms with Crippen LogP contribution >= 0.6 is 0 Å². The molecule has 0 radical (unpaired) electrons. The SMILES string of the molecule is CN(C(C)(C)CO)S(=O)(=O)CCC1CCCCN1. The van der Waals surface area contributed by atoms with Gasteiger partial charge in [0, 0.05) is 13.1 Å². The van der Waals surface area contributed by atoms with E-state index in [2.05, 4.69) is 5.32 Å². The lowest BCUT2D eigenvalue weighted by Crippen LogP contribution is -2.49. The number of likely N-dealkylation sites (N-methyl/N-ethyl adjacent to an activating group) is 1. The lowest BCUT2D eigenvalue weighted by atomic mass is 10.0. The second-order valence-corrected chi connectivity index (χ2v) is 7.81. The summed E-state index contributed by atoms with van der Waals surface area (Å²) in [5.41, 5.74) is -0.737. The van der Waals surface area contributed by atoms with Crippen molar-refractivity contribution in [1.82, 2.24) is 9.62 Å². The van der Waals surface area contributed by atoms with Gasteiger partial charge >= 0.3 is 0 Å². The molecule has 0 aromatic heterocycles. The third kappa shape index (κ3) is 4.19. The summed E-state index contributed by atoms with van der Waals surface area (Å²) in [6, 6.07) is 0.319. The Hall–Kier alpha value is -0.170. The molecule has 0 aromatic rings. The van der Waals surface area contributed by atoms with Crippen LogP contribution in [-0.2, 0) is 10.0 Å². The van der Waals surface area contributed by atoms with E-state index in [-0.39, 0.29) is 12.4 Å². The van der Waals surface area contributed by atoms with Gasteiger partial charge in [-0.2, -0.15) is 4.31 Å². The summed E-state index contributed by atoms with van der Waals surface area (Å²) in [5.74, 6) is 0.143. The van der Waals surface area contributed by atoms with Crippen molar-refractivity contribution < 1.29 is 13.5 Å². The Morgan fingerprint density at radius 3 is 2.56 bits per heavy atom. The van der Waals surface area contributed by atoms with Gasteiger partial charge in [0.25, 0.3) is 0 Å². The monoisotopic (exact) mass is 278 g/mol. The molecule has 5 nitrogen and oxygen atoms in total. The van der Waals surface area contributed by atoms with Crippen molar-refractivity contribution in [2.24, 2.45) is 0 Å². The van der Waals surface area contributed by atoms with E-state index in [0.717, 1.165) is 13.0 Å². The summed E-state index contributed by atoms with van der Waals surface area (Å²) in [6.07, 6.45) is 4.06. The highest BCUT2D eigenvalue weighted by Gasteiger charge is 2.32. The second kappa shape index (κ2) is 6.32. The van der Waals surface area contributed by atoms with Crippen LogP contribution in [0.15, 0.2) is 0 Å². The number of rotatable bonds is 6. The van der Waals surface area contributed by atoms with Gasteiger partial charge in [0.1, 0.15) is 0 Å². The quantitative estimate of drug-likeness (QED) is 0.744. The maximum Gasteiger partial charge on any atom is 0.214 e. The molecule has 2 N–H and O–H groups in total. The normalized spacial score (nSPS) is 22.4. The maximum absolute atomic E-state index is 12.2. The smallest absolute Gasteiger partial charge is 0.214 e. The summed E-state index contributed by atoms with van der Waals surface area (Å²) in [6.45, 7) is 4.26. The summed E-state index contributed by atoms with van der Waals surface area (Å²) in [4.78, 5) is 0. The molecule has 0 bridgehead atoms. The summed E-state index contributed by atoms with van der Waals surface area (Å²) < 4.78 is 25.6. The predicted molar refractivity (Wildman–Crippen MR) is 73.0 cm³/mol. The Morgan fingerprint density at radius 2 is 2.06 bits per heavy atom. The molecular formula is C12H26N2O3S. The number of hydrogen-bond donors (Lipinski definition) is 2. The molecule has 1 saturated heterocycles. The first kappa shape index (κ1) is 15.9. The highest BCUT2D eigenvalue weighted by molar-refractivity contribution is 7.89. The van der Waals surface area contributed by atoms with E-state index in [1.54, 1.807) is 20.9 Å². The van der Waals surface area contributed by atoms with Crippen molar-refractivity contribution in [1.29, 1.82) is 0 Å². The first-order chi connectivity index (χ1) is 8.29. The van der Waals surface area contributed by atoms with Gasteiger partial charge < -0.3 is 10.4 Å². The van der Waals surface area contributed by atoms with E-state index in [1.165, 1.54) is 17.1 Å². The van der Waals surface area contributed by atoms with E-state index in [4.69, 9.17) is 0 Å². The highest BCUT2D eigenvalue weighted by Crippen LogP contribution is 2.18. The van der Waals surface area contributed by atoms with Crippen LogP contribution in [0.25, 0.3) is 0 Å². The van der Waals surface area contributed by atoms with Crippen LogP contribution in [0.4, 0.5) is 0 Å². The molecule has 1 heterocycles. The average Bonchev–Trinajstić information content (AvgIpc) is 2.37. The van der Waals surface area contributed by atoms with Crippen LogP contribution < -0.4 is 5.32 Å². The molecule has 1 unspecified atom stereocenters. The van der Waals surface area contributed by atoms with Crippen LogP contribution in [0.5, 0.6) is 0 Å². The summed E-state index contributed by atoms with van der Waals surface area (Å²) in [5, 5.41) is 12.6. The summed E-state index contributed by atoms with van der Waals surface area (Å²) >= 11 is 0. The van der Waals surface area contributed by atoms with Gasteiger partial charge in [-0.25, -0.2) is 8.42 Å². The van der Waals surface area contributed by atoms with Crippen LogP contribution in [-0.4, -0.2) is 55.4 Å². The predicted octanol–water partition coefficient (Wildman–Crippen LogP) is 0.551. The van der Waals surface area contributed by atoms with Gasteiger partial charge in [-0.15, -0.1) is 0 Å². The van der Waals surface area contributed by atoms with E-state index in [0.29, 0.717) is 12.5 Å². The second-order valence-electron chi connectivity index (χ2n) is 5.69. The topological polar surface area (TPSA) is 69.6 Å². The highest BCUT2D eigenvalue weighted by atomic mass is 32.2. The molecule has 0 saturated carbocycles. The molecule has 0 aliphatic carbocycles. The van der Waals surface area contributed by atoms with Crippen LogP contribution in [0.2, 0.25) is 0 Å². The molecule has 1 aliphatic heterocycles. The Kier molecular flexibility index (Phi) is 5.58. The molecule has 18 heavy (non-hydrogen) atoms. The molecule has 0 amide bonds. The first-order valence-electron chi connectivity index (χ1n) is 6.60. The van der Waals surface area contributed by atoms with E-state index in [9.17, 15) is 13.5 Å². The third-order valence-corrected chi connectivity index (χ3v) is 5.87. The van der Waals surface area contributed by atoms with Crippen LogP contribution in [0, 0.1) is 0 Å². The molecule has 1 atom stereocenters. The molecular weight excluding hydrogens is 252 g/mol. The molecule has 1 fully saturated rings. The van der Waals surface area contributed by atoms with Crippen molar-refractivity contribution in [2.45, 2.75) is 51.1 Å². The zero-order chi connectivity index (χ0) is 13.8. The standard InChI is InChI=1S/C12H26N2O3S/c1-12(2,10-15)14(3)18(16,17)9-7-11-6-4-5-8-13-11/h11,13,15H,4-10H2,1-3H3. The molecule has 6 heteroatoms. The van der Waals surface area contributed by atoms with E-state index < -0.39 is 15.6 Å². The Balaban J connectivity index is 2.53. The maximum atomic E-state index is 12.2. The minimum Gasteiger partial charge on any atom is -0.394 e. The van der Waals surface area contributed by atoms with Crippen molar-refractivity contribution >= 4 is 10.0 Å². The summed E-state index contributed by atoms with van der Waals surface area (Å²) in [7, 11) is -1.75. The van der Waals surface area contributed by atoms with E-state index >= 15 is 0 Å². The Morgan fingerprint density at radius 1 is 1.39 bits per heavy atom. The van der Waals surface area contributed by atoms with Gasteiger partial charge in [0.05, 0.1) is 17.9 Å². The van der Waals surface area contributed by atoms with Crippen molar-refractivity contribution in [3.8, 4) is 0 Å². The van der Waals surface area contributed by atoms with Crippen LogP contribution in [0.1, 0.15) is 39.5 Å². The van der Waals surface area contributed by atoms with Crippen LogP contribution in [0.3, 0.4) is 0 Å². The number of piperidine rings is 1. The minimum absolute atomic E-state index is 0.143. The number of sulfonamides is 1. The van der Waals surface area contributed by atoms with Crippen molar-refractivity contribution in [3.05, 3.63) is 0 Å². The van der Waals surface area contributed by atoms with Gasteiger partial charge in [-0.1, -0.05) is 6.42 Å². The van der Waals surface area contributed by atoms with Crippen molar-refractivity contribution in [2.75, 3.05) is 26.0 Å². The Bertz CT molecular complexity index is 348. The number of hydrogen-bond acceptors (Lipinski definition) is 4. The van der Waals surface area contributed by atoms with Gasteiger partial charge in [0.2, 0.25) is 10.0 Å². The van der Waals surface area contributed by atoms with Crippen molar-refractivity contribution in [3.63, 3.8) is 0 Å². The van der Waals surface area contributed by atoms with E-state index in [1.807, 2.05) is 0 Å². The minimum atomic E-state index is -3.30. The fourth-order valence-corrected chi connectivity index (χ4v) is 3.74. The zero-order valence-corrected chi connectivity index (χ0v) is 12.5. The number of aliphatic hydroxyl groups is 1. The zero-order valence-electron chi connectivity index (χ0n) is 11.6. The fourth-order valence-electron chi connectivity index (χ4n) is 2.07. The third-order valence-electron chi connectivity index (χ3n) is 3.79. The molecule has 1 rings (SSSR count). The number of aliphatic hydroxyl groups excluding tert-OH is 1. The Labute approximate surface area is 111 Å². The largest absolute Gasteiger partial charge is 0.394 e. The molecule has 1 aliphatic rings. The lowest BCUT2D eigenvalue weighted by Gasteiger charge is -2.33. The van der Waals surface area contributed by atoms with Gasteiger partial charge in [-0.3, -0.25) is 0 Å². The first-order valence-corrected chi connectivity index (χ1v) is 8.21. The van der Waals surface area contributed by atoms with Gasteiger partial charge in [-0.05, 0) is 39.7 Å². The molecule has 0 aromatic carbocycles.